The van der Waals surface area contributed by atoms with Crippen LogP contribution in [0.25, 0.3) is 0 Å². The van der Waals surface area contributed by atoms with Gasteiger partial charge in [0.05, 0.1) is 31.6 Å². The van der Waals surface area contributed by atoms with Gasteiger partial charge >= 0.3 is 12.2 Å². The first-order valence-corrected chi connectivity index (χ1v) is 9.54. The molecular formula is C19H24FN5O5. The zero-order valence-corrected chi connectivity index (χ0v) is 16.8. The van der Waals surface area contributed by atoms with Gasteiger partial charge in [-0.1, -0.05) is 0 Å². The van der Waals surface area contributed by atoms with Gasteiger partial charge in [0.1, 0.15) is 11.9 Å². The van der Waals surface area contributed by atoms with Gasteiger partial charge in [-0.05, 0) is 18.2 Å². The lowest BCUT2D eigenvalue weighted by molar-refractivity contribution is -0.119. The molecule has 0 spiro atoms. The summed E-state index contributed by atoms with van der Waals surface area (Å²) in [4.78, 5) is 37.4. The molecular weight excluding hydrogens is 397 g/mol. The fraction of sp³-hybridized carbons (Fsp3) is 0.474. The molecule has 2 aliphatic heterocycles. The number of nitrogens with one attached hydrogen (secondary N) is 2. The number of anilines is 2. The van der Waals surface area contributed by atoms with Crippen LogP contribution in [0.3, 0.4) is 0 Å². The van der Waals surface area contributed by atoms with Crippen molar-refractivity contribution in [2.75, 3.05) is 43.1 Å². The Morgan fingerprint density at radius 3 is 2.70 bits per heavy atom. The quantitative estimate of drug-likeness (QED) is 0.699. The predicted octanol–water partition coefficient (Wildman–Crippen LogP) is 1.60. The van der Waals surface area contributed by atoms with Gasteiger partial charge in [0.2, 0.25) is 5.91 Å². The molecule has 0 radical (unpaired) electrons. The van der Waals surface area contributed by atoms with Crippen molar-refractivity contribution in [3.63, 3.8) is 0 Å². The summed E-state index contributed by atoms with van der Waals surface area (Å²) < 4.78 is 24.5. The maximum Gasteiger partial charge on any atom is 0.427 e. The topological polar surface area (TPSA) is 113 Å². The van der Waals surface area contributed by atoms with Gasteiger partial charge in [-0.3, -0.25) is 9.69 Å². The van der Waals surface area contributed by atoms with E-state index in [1.54, 1.807) is 12.1 Å². The first-order valence-electron chi connectivity index (χ1n) is 9.54. The third-order valence-corrected chi connectivity index (χ3v) is 4.87. The van der Waals surface area contributed by atoms with Crippen LogP contribution in [0, 0.1) is 5.82 Å². The monoisotopic (exact) mass is 421 g/mol. The van der Waals surface area contributed by atoms with Crippen LogP contribution in [0.5, 0.6) is 0 Å². The first kappa shape index (κ1) is 21.3. The molecule has 30 heavy (non-hydrogen) atoms. The number of hydrazone groups is 1. The Morgan fingerprint density at radius 1 is 1.33 bits per heavy atom. The smallest absolute Gasteiger partial charge is 0.427 e. The van der Waals surface area contributed by atoms with E-state index in [4.69, 9.17) is 4.74 Å². The Bertz CT molecular complexity index is 852. The zero-order chi connectivity index (χ0) is 21.7. The summed E-state index contributed by atoms with van der Waals surface area (Å²) in [7, 11) is 1.26. The molecule has 0 aromatic heterocycles. The summed E-state index contributed by atoms with van der Waals surface area (Å²) >= 11 is 0. The number of cyclic esters (lactones) is 1. The summed E-state index contributed by atoms with van der Waals surface area (Å²) in [5.74, 6) is -0.658. The van der Waals surface area contributed by atoms with E-state index < -0.39 is 24.1 Å². The molecule has 1 atom stereocenters. The Hall–Kier alpha value is -3.37. The minimum atomic E-state index is -0.633. The average molecular weight is 421 g/mol. The highest BCUT2D eigenvalue weighted by Crippen LogP contribution is 2.29. The molecule has 0 aliphatic carbocycles. The largest absolute Gasteiger partial charge is 0.452 e. The second kappa shape index (κ2) is 9.42. The SMILES string of the molecule is COC(=O)NN=C1CCN(c2ccc(N3CC(CNC(C)=O)OC3=O)cc2F)CC1. The number of rotatable bonds is 5. The Balaban J connectivity index is 1.60. The minimum absolute atomic E-state index is 0.209. The molecule has 0 saturated carbocycles. The summed E-state index contributed by atoms with van der Waals surface area (Å²) in [5.41, 5.74) is 3.92. The number of benzene rings is 1. The highest BCUT2D eigenvalue weighted by atomic mass is 19.1. The summed E-state index contributed by atoms with van der Waals surface area (Å²) in [6.45, 7) is 2.91. The van der Waals surface area contributed by atoms with E-state index in [1.807, 2.05) is 4.90 Å². The Labute approximate surface area is 173 Å². The van der Waals surface area contributed by atoms with Gasteiger partial charge in [-0.25, -0.2) is 19.4 Å². The summed E-state index contributed by atoms with van der Waals surface area (Å²) in [6.07, 6.45) is -0.536. The van der Waals surface area contributed by atoms with Crippen LogP contribution in [-0.4, -0.2) is 63.2 Å². The molecule has 2 saturated heterocycles. The maximum atomic E-state index is 14.8. The van der Waals surface area contributed by atoms with E-state index in [1.165, 1.54) is 25.0 Å². The van der Waals surface area contributed by atoms with Crippen molar-refractivity contribution in [2.45, 2.75) is 25.9 Å². The van der Waals surface area contributed by atoms with Gasteiger partial charge < -0.3 is 19.7 Å². The molecule has 1 unspecified atom stereocenters. The highest BCUT2D eigenvalue weighted by Gasteiger charge is 2.33. The molecule has 0 bridgehead atoms. The number of ether oxygens (including phenoxy) is 2. The van der Waals surface area contributed by atoms with Crippen LogP contribution < -0.4 is 20.5 Å². The standard InChI is InChI=1S/C19H24FN5O5/c1-12(26)21-10-15-11-25(19(28)30-15)14-3-4-17(16(20)9-14)24-7-5-13(6-8-24)22-23-18(27)29-2/h3-4,9,15H,5-8,10-11H2,1-2H3,(H,21,26)(H,23,27). The Kier molecular flexibility index (Phi) is 6.70. The van der Waals surface area contributed by atoms with Crippen LogP contribution in [0.2, 0.25) is 0 Å². The van der Waals surface area contributed by atoms with Crippen molar-refractivity contribution in [3.8, 4) is 0 Å². The van der Waals surface area contributed by atoms with Crippen LogP contribution in [0.1, 0.15) is 19.8 Å². The molecule has 3 rings (SSSR count). The number of hydrogen-bond donors (Lipinski definition) is 2. The molecule has 2 fully saturated rings. The molecule has 162 valence electrons. The third-order valence-electron chi connectivity index (χ3n) is 4.87. The lowest BCUT2D eigenvalue weighted by Crippen LogP contribution is -2.35. The summed E-state index contributed by atoms with van der Waals surface area (Å²) in [6, 6.07) is 4.61. The van der Waals surface area contributed by atoms with Crippen molar-refractivity contribution < 1.29 is 28.2 Å². The number of carbonyl (C=O) groups is 3. The molecule has 3 amide bonds. The lowest BCUT2D eigenvalue weighted by Gasteiger charge is -2.30. The van der Waals surface area contributed by atoms with Gasteiger partial charge in [0.25, 0.3) is 0 Å². The van der Waals surface area contributed by atoms with Crippen LogP contribution in [0.15, 0.2) is 23.3 Å². The van der Waals surface area contributed by atoms with Crippen LogP contribution >= 0.6 is 0 Å². The van der Waals surface area contributed by atoms with E-state index >= 15 is 0 Å². The van der Waals surface area contributed by atoms with Crippen LogP contribution in [0.4, 0.5) is 25.4 Å². The first-order chi connectivity index (χ1) is 14.4. The van der Waals surface area contributed by atoms with E-state index in [0.717, 1.165) is 5.71 Å². The van der Waals surface area contributed by atoms with Crippen molar-refractivity contribution >= 4 is 35.2 Å². The van der Waals surface area contributed by atoms with Gasteiger partial charge in [0.15, 0.2) is 0 Å². The fourth-order valence-corrected chi connectivity index (χ4v) is 3.30. The minimum Gasteiger partial charge on any atom is -0.452 e. The van der Waals surface area contributed by atoms with Crippen molar-refractivity contribution in [2.24, 2.45) is 5.10 Å². The molecule has 2 heterocycles. The number of piperidine rings is 1. The molecule has 11 heteroatoms. The van der Waals surface area contributed by atoms with Gasteiger partial charge in [-0.15, -0.1) is 0 Å². The predicted molar refractivity (Wildman–Crippen MR) is 107 cm³/mol. The van der Waals surface area contributed by atoms with Crippen molar-refractivity contribution in [1.82, 2.24) is 10.7 Å². The van der Waals surface area contributed by atoms with Gasteiger partial charge in [-0.2, -0.15) is 5.10 Å². The average Bonchev–Trinajstić information content (AvgIpc) is 3.11. The molecule has 1 aromatic carbocycles. The second-order valence-corrected chi connectivity index (χ2v) is 6.96. The highest BCUT2D eigenvalue weighted by molar-refractivity contribution is 5.90. The summed E-state index contributed by atoms with van der Waals surface area (Å²) in [5, 5.41) is 6.60. The van der Waals surface area contributed by atoms with Crippen molar-refractivity contribution in [3.05, 3.63) is 24.0 Å². The maximum absolute atomic E-state index is 14.8. The lowest BCUT2D eigenvalue weighted by atomic mass is 10.1. The van der Waals surface area contributed by atoms with Crippen LogP contribution in [-0.2, 0) is 14.3 Å². The van der Waals surface area contributed by atoms with E-state index in [2.05, 4.69) is 20.6 Å². The normalized spacial score (nSPS) is 18.7. The van der Waals surface area contributed by atoms with E-state index in [0.29, 0.717) is 37.3 Å². The fourth-order valence-electron chi connectivity index (χ4n) is 3.30. The van der Waals surface area contributed by atoms with Crippen molar-refractivity contribution in [1.29, 1.82) is 0 Å². The molecule has 2 N–H and O–H groups in total. The Morgan fingerprint density at radius 2 is 2.07 bits per heavy atom. The molecule has 2 aliphatic rings. The van der Waals surface area contributed by atoms with E-state index in [9.17, 15) is 18.8 Å². The number of nitrogens with zero attached hydrogens (tertiary/aromatic N) is 3. The van der Waals surface area contributed by atoms with Gasteiger partial charge in [0, 0.05) is 38.6 Å². The molecule has 1 aromatic rings. The number of halogens is 1. The third kappa shape index (κ3) is 5.16. The van der Waals surface area contributed by atoms with E-state index in [-0.39, 0.29) is 19.0 Å². The zero-order valence-electron chi connectivity index (χ0n) is 16.8. The molecule has 10 nitrogen and oxygen atoms in total. The second-order valence-electron chi connectivity index (χ2n) is 6.96. The number of amides is 3. The number of hydrogen-bond acceptors (Lipinski definition) is 7. The number of methoxy groups -OCH3 is 1. The number of carbonyl (C=O) groups excluding carboxylic acids is 3.